The molecule has 3 heterocycles. The lowest BCUT2D eigenvalue weighted by atomic mass is 10.1. The summed E-state index contributed by atoms with van der Waals surface area (Å²) in [5.74, 6) is 0.0633. The molecule has 1 aliphatic heterocycles. The molecule has 0 fully saturated rings. The van der Waals surface area contributed by atoms with Crippen molar-refractivity contribution in [2.24, 2.45) is 0 Å². The molecule has 0 saturated heterocycles. The predicted molar refractivity (Wildman–Crippen MR) is 131 cm³/mol. The highest BCUT2D eigenvalue weighted by Crippen LogP contribution is 2.44. The Morgan fingerprint density at radius 2 is 1.94 bits per heavy atom. The van der Waals surface area contributed by atoms with Crippen LogP contribution in [0.1, 0.15) is 30.0 Å². The van der Waals surface area contributed by atoms with E-state index in [9.17, 15) is 13.2 Å². The summed E-state index contributed by atoms with van der Waals surface area (Å²) in [5, 5.41) is 7.62. The fourth-order valence-electron chi connectivity index (χ4n) is 3.65. The lowest BCUT2D eigenvalue weighted by molar-refractivity contribution is -0.137. The highest BCUT2D eigenvalue weighted by atomic mass is 35.5. The Bertz CT molecular complexity index is 1170. The number of halogens is 4. The second kappa shape index (κ2) is 9.69. The van der Waals surface area contributed by atoms with Crippen LogP contribution in [0.25, 0.3) is 10.6 Å². The average Bonchev–Trinajstić information content (AvgIpc) is 3.33. The molecule has 2 N–H and O–H groups in total. The second-order valence-corrected chi connectivity index (χ2v) is 10.1. The maximum atomic E-state index is 13.8. The van der Waals surface area contributed by atoms with Crippen molar-refractivity contribution in [1.29, 1.82) is 0 Å². The number of benzene rings is 1. The normalized spacial score (nSPS) is 13.9. The highest BCUT2D eigenvalue weighted by molar-refractivity contribution is 7.99. The van der Waals surface area contributed by atoms with Gasteiger partial charge in [0.15, 0.2) is 0 Å². The Hall–Kier alpha value is -2.01. The van der Waals surface area contributed by atoms with Crippen molar-refractivity contribution < 1.29 is 13.2 Å². The first-order valence-corrected chi connectivity index (χ1v) is 12.7. The van der Waals surface area contributed by atoms with E-state index in [4.69, 9.17) is 11.6 Å². The smallest absolute Gasteiger partial charge is 0.376 e. The van der Waals surface area contributed by atoms with Crippen molar-refractivity contribution in [3.8, 4) is 10.6 Å². The van der Waals surface area contributed by atoms with Crippen molar-refractivity contribution in [2.45, 2.75) is 37.5 Å². The van der Waals surface area contributed by atoms with Crippen molar-refractivity contribution in [3.63, 3.8) is 0 Å². The first-order valence-electron chi connectivity index (χ1n) is 10.3. The van der Waals surface area contributed by atoms with E-state index < -0.39 is 11.7 Å². The molecule has 0 amide bonds. The molecule has 0 bridgehead atoms. The summed E-state index contributed by atoms with van der Waals surface area (Å²) < 4.78 is 41.4. The zero-order valence-electron chi connectivity index (χ0n) is 18.3. The van der Waals surface area contributed by atoms with Crippen LogP contribution < -0.4 is 10.6 Å². The zero-order chi connectivity index (χ0) is 23.8. The minimum atomic E-state index is -4.58. The van der Waals surface area contributed by atoms with Gasteiger partial charge in [-0.1, -0.05) is 18.5 Å². The number of rotatable bonds is 7. The topological polar surface area (TPSA) is 53.1 Å². The van der Waals surface area contributed by atoms with E-state index in [1.54, 1.807) is 6.07 Å². The van der Waals surface area contributed by atoms with Gasteiger partial charge in [0, 0.05) is 30.7 Å². The predicted octanol–water partition coefficient (Wildman–Crippen LogP) is 7.11. The van der Waals surface area contributed by atoms with Crippen LogP contribution in [0.5, 0.6) is 0 Å². The summed E-state index contributed by atoms with van der Waals surface area (Å²) >= 11 is 9.17. The summed E-state index contributed by atoms with van der Waals surface area (Å²) in [5.41, 5.74) is 1.80. The third kappa shape index (κ3) is 5.24. The monoisotopic (exact) mass is 513 g/mol. The van der Waals surface area contributed by atoms with Crippen LogP contribution in [0, 0.1) is 0 Å². The average molecular weight is 514 g/mol. The van der Waals surface area contributed by atoms with E-state index in [-0.39, 0.29) is 11.6 Å². The van der Waals surface area contributed by atoms with E-state index in [2.05, 4.69) is 25.5 Å². The summed E-state index contributed by atoms with van der Waals surface area (Å²) in [6.07, 6.45) is -0.941. The summed E-state index contributed by atoms with van der Waals surface area (Å²) in [7, 11) is 2.01. The fraction of sp³-hybridized carbons (Fsp3) is 0.364. The van der Waals surface area contributed by atoms with E-state index >= 15 is 0 Å². The molecule has 5 nitrogen and oxygen atoms in total. The van der Waals surface area contributed by atoms with Crippen LogP contribution in [-0.2, 0) is 19.3 Å². The van der Waals surface area contributed by atoms with Gasteiger partial charge in [0.25, 0.3) is 0 Å². The molecule has 0 saturated carbocycles. The van der Waals surface area contributed by atoms with Gasteiger partial charge < -0.3 is 10.6 Å². The third-order valence-corrected chi connectivity index (χ3v) is 7.50. The fourth-order valence-corrected chi connectivity index (χ4v) is 5.81. The van der Waals surface area contributed by atoms with Gasteiger partial charge in [-0.2, -0.15) is 13.2 Å². The number of hydrogen-bond acceptors (Lipinski definition) is 7. The molecular formula is C22H23ClF3N5S2. The summed E-state index contributed by atoms with van der Waals surface area (Å²) in [6.45, 7) is 4.36. The van der Waals surface area contributed by atoms with Crippen molar-refractivity contribution >= 4 is 51.3 Å². The highest BCUT2D eigenvalue weighted by Gasteiger charge is 2.36. The first kappa shape index (κ1) is 24.1. The Morgan fingerprint density at radius 1 is 1.21 bits per heavy atom. The maximum absolute atomic E-state index is 13.8. The Balaban J connectivity index is 1.73. The maximum Gasteiger partial charge on any atom is 0.420 e. The number of anilines is 3. The van der Waals surface area contributed by atoms with Crippen LogP contribution in [0.2, 0.25) is 5.02 Å². The lowest BCUT2D eigenvalue weighted by Gasteiger charge is -2.14. The summed E-state index contributed by atoms with van der Waals surface area (Å²) in [6, 6.07) is 5.53. The molecule has 33 heavy (non-hydrogen) atoms. The van der Waals surface area contributed by atoms with Gasteiger partial charge in [-0.05, 0) is 49.1 Å². The number of thiophene rings is 1. The molecule has 0 aliphatic carbocycles. The largest absolute Gasteiger partial charge is 0.420 e. The molecule has 3 aromatic rings. The third-order valence-electron chi connectivity index (χ3n) is 5.20. The molecule has 11 heteroatoms. The van der Waals surface area contributed by atoms with Gasteiger partial charge in [0.2, 0.25) is 5.95 Å². The van der Waals surface area contributed by atoms with E-state index in [0.29, 0.717) is 15.6 Å². The first-order chi connectivity index (χ1) is 15.7. The van der Waals surface area contributed by atoms with E-state index in [1.165, 1.54) is 23.1 Å². The van der Waals surface area contributed by atoms with Gasteiger partial charge in [-0.25, -0.2) is 9.97 Å². The molecule has 1 aliphatic rings. The minimum absolute atomic E-state index is 0.0633. The van der Waals surface area contributed by atoms with Crippen LogP contribution in [0.15, 0.2) is 29.3 Å². The van der Waals surface area contributed by atoms with Crippen LogP contribution in [0.3, 0.4) is 0 Å². The zero-order valence-corrected chi connectivity index (χ0v) is 20.7. The lowest BCUT2D eigenvalue weighted by Crippen LogP contribution is -2.11. The van der Waals surface area contributed by atoms with Gasteiger partial charge in [-0.15, -0.1) is 23.1 Å². The molecule has 0 spiro atoms. The Morgan fingerprint density at radius 3 is 2.61 bits per heavy atom. The van der Waals surface area contributed by atoms with Crippen LogP contribution in [0.4, 0.5) is 29.8 Å². The van der Waals surface area contributed by atoms with Crippen molar-refractivity contribution in [2.75, 3.05) is 30.5 Å². The molecule has 2 aromatic heterocycles. The molecule has 0 atom stereocenters. The molecule has 0 unspecified atom stereocenters. The Labute approximate surface area is 203 Å². The SMILES string of the molecule is CCCNc1sc(-c2nc(Nc3cc4c(cc3Cl)CN(C)C4)ncc2C(F)(F)F)cc1SC. The molecule has 4 rings (SSSR count). The number of aromatic nitrogens is 2. The number of hydrogen-bond donors (Lipinski definition) is 2. The number of nitrogens with zero attached hydrogens (tertiary/aromatic N) is 3. The number of nitrogens with one attached hydrogen (secondary N) is 2. The van der Waals surface area contributed by atoms with Crippen LogP contribution in [-0.4, -0.2) is 34.7 Å². The molecule has 0 radical (unpaired) electrons. The van der Waals surface area contributed by atoms with Crippen LogP contribution >= 0.6 is 34.7 Å². The van der Waals surface area contributed by atoms with E-state index in [0.717, 1.165) is 53.3 Å². The number of fused-ring (bicyclic) bond motifs is 1. The minimum Gasteiger partial charge on any atom is -0.376 e. The van der Waals surface area contributed by atoms with Gasteiger partial charge in [0.1, 0.15) is 10.6 Å². The summed E-state index contributed by atoms with van der Waals surface area (Å²) in [4.78, 5) is 11.7. The molecule has 176 valence electrons. The van der Waals surface area contributed by atoms with Gasteiger partial charge in [-0.3, -0.25) is 4.90 Å². The standard InChI is InChI=1S/C22H23ClF3N5S2/c1-4-5-27-20-18(32-3)8-17(33-20)19-14(22(24,25)26)9-28-21(30-19)29-16-7-13-11-31(2)10-12(13)6-15(16)23/h6-9,27H,4-5,10-11H2,1-3H3,(H,28,29,30). The van der Waals surface area contributed by atoms with Crippen molar-refractivity contribution in [1.82, 2.24) is 14.9 Å². The van der Waals surface area contributed by atoms with Gasteiger partial charge in [0.05, 0.1) is 21.3 Å². The quantitative estimate of drug-likeness (QED) is 0.328. The van der Waals surface area contributed by atoms with Gasteiger partial charge >= 0.3 is 6.18 Å². The van der Waals surface area contributed by atoms with E-state index in [1.807, 2.05) is 32.4 Å². The number of thioether (sulfide) groups is 1. The van der Waals surface area contributed by atoms with Crippen molar-refractivity contribution in [3.05, 3.63) is 46.1 Å². The molecular weight excluding hydrogens is 491 g/mol. The Kier molecular flexibility index (Phi) is 7.09. The molecule has 1 aromatic carbocycles. The number of alkyl halides is 3. The second-order valence-electron chi connectivity index (χ2n) is 7.79.